The minimum absolute atomic E-state index is 0.0724. The fourth-order valence-corrected chi connectivity index (χ4v) is 4.57. The normalized spacial score (nSPS) is 12.9. The van der Waals surface area contributed by atoms with Crippen LogP contribution in [0.5, 0.6) is 5.75 Å². The van der Waals surface area contributed by atoms with Crippen LogP contribution in [0.2, 0.25) is 0 Å². The minimum atomic E-state index is -4.87. The van der Waals surface area contributed by atoms with E-state index in [1.54, 1.807) is 12.1 Å². The third-order valence-corrected chi connectivity index (χ3v) is 6.49. The van der Waals surface area contributed by atoms with Crippen LogP contribution in [0.25, 0.3) is 0 Å². The van der Waals surface area contributed by atoms with Gasteiger partial charge in [-0.2, -0.15) is 18.3 Å². The Balaban J connectivity index is 2.50. The molecule has 0 atom stereocenters. The molecule has 31 heavy (non-hydrogen) atoms. The lowest BCUT2D eigenvalue weighted by Gasteiger charge is -2.27. The molecule has 0 fully saturated rings. The second kappa shape index (κ2) is 9.50. The number of aromatic nitrogens is 2. The molecule has 2 aromatic rings. The molecular weight excluding hydrogens is 431 g/mol. The molecule has 1 aromatic heterocycles. The van der Waals surface area contributed by atoms with Crippen LogP contribution >= 0.6 is 0 Å². The molecule has 0 amide bonds. The second-order valence-electron chi connectivity index (χ2n) is 8.45. The van der Waals surface area contributed by atoms with Crippen molar-refractivity contribution in [2.24, 2.45) is 0 Å². The average molecular weight is 462 g/mol. The number of aromatic amines is 1. The number of benzene rings is 1. The first kappa shape index (κ1) is 25.0. The highest BCUT2D eigenvalue weighted by atomic mass is 32.2. The molecule has 0 spiro atoms. The lowest BCUT2D eigenvalue weighted by molar-refractivity contribution is -0.106. The Bertz CT molecular complexity index is 962. The summed E-state index contributed by atoms with van der Waals surface area (Å²) in [6.45, 7) is 9.36. The number of sulfonamides is 1. The summed E-state index contributed by atoms with van der Waals surface area (Å²) in [6, 6.07) is 6.16. The van der Waals surface area contributed by atoms with Gasteiger partial charge in [-0.3, -0.25) is 9.40 Å². The first-order valence-corrected chi connectivity index (χ1v) is 11.7. The van der Waals surface area contributed by atoms with Crippen LogP contribution in [0.4, 0.5) is 18.9 Å². The van der Waals surface area contributed by atoms with E-state index in [2.05, 4.69) is 10.2 Å². The molecule has 10 heteroatoms. The highest BCUT2D eigenvalue weighted by Gasteiger charge is 2.39. The summed E-state index contributed by atoms with van der Waals surface area (Å²) in [5.74, 6) is -1.55. The molecule has 1 N–H and O–H groups in total. The summed E-state index contributed by atoms with van der Waals surface area (Å²) in [6.07, 6.45) is -2.00. The maximum atomic E-state index is 13.1. The Hall–Kier alpha value is -2.23. The average Bonchev–Trinajstić information content (AvgIpc) is 3.11. The van der Waals surface area contributed by atoms with E-state index in [1.165, 1.54) is 18.3 Å². The number of hydrogen-bond donors (Lipinski definition) is 1. The van der Waals surface area contributed by atoms with Crippen LogP contribution in [0, 0.1) is 0 Å². The molecule has 0 aliphatic carbocycles. The van der Waals surface area contributed by atoms with E-state index in [0.717, 1.165) is 17.1 Å². The molecule has 0 saturated heterocycles. The van der Waals surface area contributed by atoms with Gasteiger partial charge >= 0.3 is 6.18 Å². The van der Waals surface area contributed by atoms with Crippen molar-refractivity contribution in [3.8, 4) is 5.75 Å². The molecule has 0 radical (unpaired) electrons. The number of H-pyrrole nitrogens is 1. The van der Waals surface area contributed by atoms with Crippen LogP contribution in [0.1, 0.15) is 58.7 Å². The van der Waals surface area contributed by atoms with Gasteiger partial charge in [-0.15, -0.1) is 0 Å². The standard InChI is InChI=1S/C21H30F3N3O3S/c1-6-17(7-2)30-18-10-8-9-16(11-18)27(31(28,29)14-21(22,23)24)13-15-12-25-26-19(15)20(3,4)5/h8-12,17H,6-7,13-14H2,1-5H3,(H,25,26). The van der Waals surface area contributed by atoms with Crippen LogP contribution in [0.15, 0.2) is 30.5 Å². The van der Waals surface area contributed by atoms with Crippen LogP contribution < -0.4 is 9.04 Å². The molecule has 6 nitrogen and oxygen atoms in total. The molecular formula is C21H30F3N3O3S. The third-order valence-electron chi connectivity index (χ3n) is 4.78. The molecule has 0 unspecified atom stereocenters. The summed E-state index contributed by atoms with van der Waals surface area (Å²) in [4.78, 5) is 0. The molecule has 174 valence electrons. The summed E-state index contributed by atoms with van der Waals surface area (Å²) >= 11 is 0. The summed E-state index contributed by atoms with van der Waals surface area (Å²) in [5.41, 5.74) is 0.869. The highest BCUT2D eigenvalue weighted by molar-refractivity contribution is 7.92. The van der Waals surface area contributed by atoms with Crippen LogP contribution in [0.3, 0.4) is 0 Å². The summed E-state index contributed by atoms with van der Waals surface area (Å²) < 4.78 is 71.5. The quantitative estimate of drug-likeness (QED) is 0.559. The molecule has 0 saturated carbocycles. The van der Waals surface area contributed by atoms with Gasteiger partial charge in [0.2, 0.25) is 10.0 Å². The zero-order valence-electron chi connectivity index (χ0n) is 18.5. The number of anilines is 1. The summed E-state index contributed by atoms with van der Waals surface area (Å²) in [5, 5.41) is 6.81. The number of alkyl halides is 3. The second-order valence-corrected chi connectivity index (χ2v) is 10.3. The van der Waals surface area contributed by atoms with Gasteiger partial charge in [0.15, 0.2) is 5.75 Å². The van der Waals surface area contributed by atoms with Gasteiger partial charge < -0.3 is 4.74 Å². The van der Waals surface area contributed by atoms with Crippen molar-refractivity contribution in [3.05, 3.63) is 41.7 Å². The monoisotopic (exact) mass is 461 g/mol. The first-order chi connectivity index (χ1) is 14.3. The smallest absolute Gasteiger partial charge is 0.404 e. The van der Waals surface area contributed by atoms with E-state index in [1.807, 2.05) is 34.6 Å². The molecule has 0 bridgehead atoms. The van der Waals surface area contributed by atoms with E-state index in [-0.39, 0.29) is 18.3 Å². The molecule has 0 aliphatic rings. The molecule has 1 aromatic carbocycles. The van der Waals surface area contributed by atoms with E-state index >= 15 is 0 Å². The van der Waals surface area contributed by atoms with E-state index in [0.29, 0.717) is 17.0 Å². The van der Waals surface area contributed by atoms with Gasteiger partial charge in [0.25, 0.3) is 0 Å². The van der Waals surface area contributed by atoms with Crippen LogP contribution in [-0.2, 0) is 22.0 Å². The van der Waals surface area contributed by atoms with Gasteiger partial charge in [0, 0.05) is 22.7 Å². The Kier molecular flexibility index (Phi) is 7.67. The third kappa shape index (κ3) is 6.88. The van der Waals surface area contributed by atoms with Crippen molar-refractivity contribution in [1.82, 2.24) is 10.2 Å². The van der Waals surface area contributed by atoms with Gasteiger partial charge in [-0.05, 0) is 25.0 Å². The van der Waals surface area contributed by atoms with Crippen molar-refractivity contribution >= 4 is 15.7 Å². The Labute approximate surface area is 181 Å². The number of halogens is 3. The molecule has 0 aliphatic heterocycles. The van der Waals surface area contributed by atoms with Gasteiger partial charge in [0.05, 0.1) is 24.5 Å². The number of ether oxygens (including phenoxy) is 1. The van der Waals surface area contributed by atoms with Crippen molar-refractivity contribution < 1.29 is 26.3 Å². The van der Waals surface area contributed by atoms with Crippen molar-refractivity contribution in [2.45, 2.75) is 71.7 Å². The minimum Gasteiger partial charge on any atom is -0.490 e. The van der Waals surface area contributed by atoms with E-state index in [9.17, 15) is 21.6 Å². The van der Waals surface area contributed by atoms with E-state index in [4.69, 9.17) is 4.74 Å². The number of nitrogens with one attached hydrogen (secondary N) is 1. The first-order valence-electron chi connectivity index (χ1n) is 10.1. The van der Waals surface area contributed by atoms with Gasteiger partial charge in [0.1, 0.15) is 5.75 Å². The predicted molar refractivity (Wildman–Crippen MR) is 115 cm³/mol. The Morgan fingerprint density at radius 3 is 2.35 bits per heavy atom. The van der Waals surface area contributed by atoms with Gasteiger partial charge in [-0.1, -0.05) is 40.7 Å². The van der Waals surface area contributed by atoms with Crippen molar-refractivity contribution in [3.63, 3.8) is 0 Å². The number of hydrogen-bond acceptors (Lipinski definition) is 4. The van der Waals surface area contributed by atoms with Gasteiger partial charge in [-0.25, -0.2) is 8.42 Å². The predicted octanol–water partition coefficient (Wildman–Crippen LogP) is 5.17. The SMILES string of the molecule is CCC(CC)Oc1cccc(N(Cc2cn[nH]c2C(C)(C)C)S(=O)(=O)CC(F)(F)F)c1. The highest BCUT2D eigenvalue weighted by Crippen LogP contribution is 2.31. The summed E-state index contributed by atoms with van der Waals surface area (Å²) in [7, 11) is -4.72. The zero-order valence-corrected chi connectivity index (χ0v) is 19.3. The fourth-order valence-electron chi connectivity index (χ4n) is 3.23. The Morgan fingerprint density at radius 1 is 1.16 bits per heavy atom. The topological polar surface area (TPSA) is 75.3 Å². The number of nitrogens with zero attached hydrogens (tertiary/aromatic N) is 2. The van der Waals surface area contributed by atoms with E-state index < -0.39 is 27.4 Å². The number of rotatable bonds is 9. The maximum Gasteiger partial charge on any atom is 0.404 e. The lowest BCUT2D eigenvalue weighted by Crippen LogP contribution is -2.38. The fraction of sp³-hybridized carbons (Fsp3) is 0.571. The molecule has 1 heterocycles. The van der Waals surface area contributed by atoms with Crippen LogP contribution in [-0.4, -0.2) is 36.6 Å². The molecule has 2 rings (SSSR count). The Morgan fingerprint density at radius 2 is 1.81 bits per heavy atom. The zero-order chi connectivity index (χ0) is 23.4. The van der Waals surface area contributed by atoms with Crippen molar-refractivity contribution in [2.75, 3.05) is 10.1 Å². The lowest BCUT2D eigenvalue weighted by atomic mass is 9.89. The van der Waals surface area contributed by atoms with Crippen molar-refractivity contribution in [1.29, 1.82) is 0 Å². The maximum absolute atomic E-state index is 13.1. The largest absolute Gasteiger partial charge is 0.490 e.